The van der Waals surface area contributed by atoms with Crippen LogP contribution in [0.25, 0.3) is 0 Å². The zero-order valence-corrected chi connectivity index (χ0v) is 12.0. The first kappa shape index (κ1) is 15.5. The number of morpholine rings is 1. The Hall–Kier alpha value is -1.86. The molecule has 1 saturated heterocycles. The Morgan fingerprint density at radius 2 is 2.10 bits per heavy atom. The van der Waals surface area contributed by atoms with Gasteiger partial charge in [0.15, 0.2) is 5.75 Å². The lowest BCUT2D eigenvalue weighted by Crippen LogP contribution is -2.37. The summed E-state index contributed by atoms with van der Waals surface area (Å²) in [4.78, 5) is 25.1. The molecule has 1 aliphatic heterocycles. The van der Waals surface area contributed by atoms with Gasteiger partial charge in [-0.2, -0.15) is 0 Å². The Labute approximate surface area is 122 Å². The fourth-order valence-electron chi connectivity index (χ4n) is 2.47. The molecule has 0 aromatic carbocycles. The van der Waals surface area contributed by atoms with Gasteiger partial charge in [0.05, 0.1) is 19.4 Å². The molecule has 1 aromatic rings. The molecule has 7 heteroatoms. The standard InChI is InChI=1S/C14H20N2O5/c1-2-11(14(19)20)16-9-13(18)12(17)7-10(16)8-15-3-5-21-6-4-15/h7,9,11,18H,2-6,8H2,1H3,(H,19,20). The van der Waals surface area contributed by atoms with E-state index in [0.29, 0.717) is 31.9 Å². The summed E-state index contributed by atoms with van der Waals surface area (Å²) in [6, 6.07) is 0.517. The van der Waals surface area contributed by atoms with Crippen LogP contribution in [0.5, 0.6) is 5.75 Å². The van der Waals surface area contributed by atoms with Crippen molar-refractivity contribution in [3.63, 3.8) is 0 Å². The van der Waals surface area contributed by atoms with E-state index in [1.165, 1.54) is 16.8 Å². The summed E-state index contributed by atoms with van der Waals surface area (Å²) >= 11 is 0. The molecule has 0 spiro atoms. The van der Waals surface area contributed by atoms with Crippen LogP contribution >= 0.6 is 0 Å². The first-order chi connectivity index (χ1) is 10.0. The molecule has 0 bridgehead atoms. The molecule has 2 rings (SSSR count). The van der Waals surface area contributed by atoms with Gasteiger partial charge < -0.3 is 19.5 Å². The van der Waals surface area contributed by atoms with Gasteiger partial charge in [-0.05, 0) is 6.42 Å². The molecular weight excluding hydrogens is 276 g/mol. The SMILES string of the molecule is CCC(C(=O)O)n1cc(O)c(=O)cc1CN1CCOCC1. The van der Waals surface area contributed by atoms with Crippen LogP contribution in [0.3, 0.4) is 0 Å². The minimum Gasteiger partial charge on any atom is -0.503 e. The number of aliphatic carboxylic acids is 1. The van der Waals surface area contributed by atoms with Gasteiger partial charge in [-0.3, -0.25) is 9.69 Å². The van der Waals surface area contributed by atoms with Crippen LogP contribution in [0, 0.1) is 0 Å². The Kier molecular flexibility index (Phi) is 4.98. The van der Waals surface area contributed by atoms with Gasteiger partial charge in [-0.1, -0.05) is 6.92 Å². The average molecular weight is 296 g/mol. The van der Waals surface area contributed by atoms with E-state index in [1.54, 1.807) is 6.92 Å². The predicted octanol–water partition coefficient (Wildman–Crippen LogP) is 0.422. The van der Waals surface area contributed by atoms with Crippen molar-refractivity contribution in [3.05, 3.63) is 28.2 Å². The van der Waals surface area contributed by atoms with Crippen molar-refractivity contribution in [1.82, 2.24) is 9.47 Å². The smallest absolute Gasteiger partial charge is 0.326 e. The molecule has 1 fully saturated rings. The number of ether oxygens (including phenoxy) is 1. The van der Waals surface area contributed by atoms with Crippen molar-refractivity contribution < 1.29 is 19.7 Å². The number of carboxylic acids is 1. The van der Waals surface area contributed by atoms with E-state index in [2.05, 4.69) is 4.90 Å². The van der Waals surface area contributed by atoms with E-state index in [9.17, 15) is 19.8 Å². The van der Waals surface area contributed by atoms with Crippen molar-refractivity contribution in [3.8, 4) is 5.75 Å². The highest BCUT2D eigenvalue weighted by Gasteiger charge is 2.22. The zero-order valence-electron chi connectivity index (χ0n) is 12.0. The van der Waals surface area contributed by atoms with Crippen LogP contribution in [0.1, 0.15) is 25.1 Å². The van der Waals surface area contributed by atoms with Crippen molar-refractivity contribution in [2.24, 2.45) is 0 Å². The average Bonchev–Trinajstić information content (AvgIpc) is 2.45. The maximum atomic E-state index is 11.7. The van der Waals surface area contributed by atoms with E-state index in [1.807, 2.05) is 0 Å². The number of pyridine rings is 1. The Balaban J connectivity index is 2.35. The lowest BCUT2D eigenvalue weighted by atomic mass is 10.2. The molecule has 7 nitrogen and oxygen atoms in total. The number of aromatic nitrogens is 1. The number of rotatable bonds is 5. The fraction of sp³-hybridized carbons (Fsp3) is 0.571. The Bertz CT molecular complexity index is 563. The summed E-state index contributed by atoms with van der Waals surface area (Å²) in [7, 11) is 0. The number of carboxylic acid groups (broad SMARTS) is 1. The van der Waals surface area contributed by atoms with Crippen molar-refractivity contribution in [1.29, 1.82) is 0 Å². The van der Waals surface area contributed by atoms with E-state index >= 15 is 0 Å². The van der Waals surface area contributed by atoms with Gasteiger partial charge in [0.2, 0.25) is 5.43 Å². The van der Waals surface area contributed by atoms with Gasteiger partial charge in [0, 0.05) is 31.4 Å². The molecule has 0 amide bonds. The highest BCUT2D eigenvalue weighted by molar-refractivity contribution is 5.72. The monoisotopic (exact) mass is 296 g/mol. The third-order valence-corrected chi connectivity index (χ3v) is 3.64. The summed E-state index contributed by atoms with van der Waals surface area (Å²) < 4.78 is 6.75. The molecule has 0 aliphatic carbocycles. The number of nitrogens with zero attached hydrogens (tertiary/aromatic N) is 2. The fourth-order valence-corrected chi connectivity index (χ4v) is 2.47. The highest BCUT2D eigenvalue weighted by atomic mass is 16.5. The maximum absolute atomic E-state index is 11.7. The second-order valence-corrected chi connectivity index (χ2v) is 5.07. The molecule has 0 radical (unpaired) electrons. The molecule has 116 valence electrons. The molecule has 1 aliphatic rings. The molecule has 1 aromatic heterocycles. The number of hydrogen-bond acceptors (Lipinski definition) is 5. The lowest BCUT2D eigenvalue weighted by Gasteiger charge is -2.28. The lowest BCUT2D eigenvalue weighted by molar-refractivity contribution is -0.141. The van der Waals surface area contributed by atoms with E-state index in [-0.39, 0.29) is 0 Å². The third kappa shape index (κ3) is 3.62. The van der Waals surface area contributed by atoms with Crippen molar-refractivity contribution >= 4 is 5.97 Å². The number of carbonyl (C=O) groups is 1. The normalized spacial score (nSPS) is 17.6. The topological polar surface area (TPSA) is 92.0 Å². The zero-order chi connectivity index (χ0) is 15.4. The van der Waals surface area contributed by atoms with E-state index in [0.717, 1.165) is 13.1 Å². The molecule has 21 heavy (non-hydrogen) atoms. The van der Waals surface area contributed by atoms with Crippen molar-refractivity contribution in [2.75, 3.05) is 26.3 Å². The summed E-state index contributed by atoms with van der Waals surface area (Å²) in [5.74, 6) is -1.41. The van der Waals surface area contributed by atoms with Crippen LogP contribution in [-0.4, -0.2) is 52.0 Å². The molecule has 1 unspecified atom stereocenters. The van der Waals surface area contributed by atoms with E-state index in [4.69, 9.17) is 4.74 Å². The van der Waals surface area contributed by atoms with Gasteiger partial charge in [0.25, 0.3) is 0 Å². The molecule has 2 heterocycles. The van der Waals surface area contributed by atoms with Crippen molar-refractivity contribution in [2.45, 2.75) is 25.9 Å². The third-order valence-electron chi connectivity index (χ3n) is 3.64. The maximum Gasteiger partial charge on any atom is 0.326 e. The summed E-state index contributed by atoms with van der Waals surface area (Å²) in [6.45, 7) is 4.93. The Morgan fingerprint density at radius 1 is 1.43 bits per heavy atom. The summed E-state index contributed by atoms with van der Waals surface area (Å²) in [6.07, 6.45) is 1.59. The van der Waals surface area contributed by atoms with Gasteiger partial charge >= 0.3 is 5.97 Å². The predicted molar refractivity (Wildman–Crippen MR) is 75.4 cm³/mol. The Morgan fingerprint density at radius 3 is 2.67 bits per heavy atom. The van der Waals surface area contributed by atoms with Crippen LogP contribution in [-0.2, 0) is 16.1 Å². The van der Waals surface area contributed by atoms with E-state index < -0.39 is 23.2 Å². The second-order valence-electron chi connectivity index (χ2n) is 5.07. The van der Waals surface area contributed by atoms with Gasteiger partial charge in [0.1, 0.15) is 6.04 Å². The van der Waals surface area contributed by atoms with Crippen LogP contribution < -0.4 is 5.43 Å². The summed E-state index contributed by atoms with van der Waals surface area (Å²) in [5.41, 5.74) is 0.101. The largest absolute Gasteiger partial charge is 0.503 e. The minimum atomic E-state index is -0.983. The first-order valence-corrected chi connectivity index (χ1v) is 7.00. The molecule has 0 saturated carbocycles. The highest BCUT2D eigenvalue weighted by Crippen LogP contribution is 2.18. The number of hydrogen-bond donors (Lipinski definition) is 2. The molecular formula is C14H20N2O5. The molecule has 1 atom stereocenters. The molecule has 2 N–H and O–H groups in total. The second kappa shape index (κ2) is 6.73. The van der Waals surface area contributed by atoms with Crippen LogP contribution in [0.2, 0.25) is 0 Å². The van der Waals surface area contributed by atoms with Gasteiger partial charge in [-0.25, -0.2) is 4.79 Å². The van der Waals surface area contributed by atoms with Gasteiger partial charge in [-0.15, -0.1) is 0 Å². The van der Waals surface area contributed by atoms with Crippen LogP contribution in [0.4, 0.5) is 0 Å². The quantitative estimate of drug-likeness (QED) is 0.818. The number of aromatic hydroxyl groups is 1. The first-order valence-electron chi connectivity index (χ1n) is 7.00. The summed E-state index contributed by atoms with van der Waals surface area (Å²) in [5, 5.41) is 18.9. The van der Waals surface area contributed by atoms with Crippen LogP contribution in [0.15, 0.2) is 17.1 Å². The minimum absolute atomic E-state index is 0.369.